The van der Waals surface area contributed by atoms with Crippen molar-refractivity contribution >= 4 is 34.8 Å². The van der Waals surface area contributed by atoms with Crippen LogP contribution in [0.4, 0.5) is 0 Å². The van der Waals surface area contributed by atoms with E-state index < -0.39 is 28.6 Å². The number of carbonyl (C=O) groups is 2. The summed E-state index contributed by atoms with van der Waals surface area (Å²) in [6.45, 7) is 3.26. The Morgan fingerprint density at radius 2 is 1.55 bits per heavy atom. The van der Waals surface area contributed by atoms with Crippen LogP contribution in [-0.2, 0) is 38.6 Å². The van der Waals surface area contributed by atoms with Gasteiger partial charge in [0.2, 0.25) is 5.41 Å². The van der Waals surface area contributed by atoms with Gasteiger partial charge in [-0.05, 0) is 31.1 Å². The van der Waals surface area contributed by atoms with E-state index in [1.807, 2.05) is 0 Å². The Hall–Kier alpha value is -4.08. The second-order valence-electron chi connectivity index (χ2n) is 7.45. The first-order valence-corrected chi connectivity index (χ1v) is 10.4. The fourth-order valence-corrected chi connectivity index (χ4v) is 4.02. The summed E-state index contributed by atoms with van der Waals surface area (Å²) < 4.78 is 12.7. The van der Waals surface area contributed by atoms with Crippen LogP contribution in [0.25, 0.3) is 22.8 Å². The molecule has 3 aromatic rings. The topological polar surface area (TPSA) is 122 Å². The predicted octanol–water partition coefficient (Wildman–Crippen LogP) is 0.945. The highest BCUT2D eigenvalue weighted by Gasteiger charge is 2.59. The number of benzene rings is 1. The van der Waals surface area contributed by atoms with Gasteiger partial charge in [-0.1, -0.05) is 30.3 Å². The Labute approximate surface area is 188 Å². The average Bonchev–Trinajstić information content (AvgIpc) is 3.16. The van der Waals surface area contributed by atoms with E-state index in [1.54, 1.807) is 50.3 Å². The normalized spacial score (nSPS) is 14.0. The molecule has 0 fully saturated rings. The molecule has 0 N–H and O–H groups in total. The minimum Gasteiger partial charge on any atom is -0.465 e. The maximum atomic E-state index is 13.5. The number of rotatable bonds is 5. The van der Waals surface area contributed by atoms with Crippen LogP contribution in [0.1, 0.15) is 30.8 Å². The Morgan fingerprint density at radius 3 is 2.12 bits per heavy atom. The van der Waals surface area contributed by atoms with Crippen molar-refractivity contribution in [3.05, 3.63) is 68.1 Å². The van der Waals surface area contributed by atoms with E-state index in [-0.39, 0.29) is 41.3 Å². The van der Waals surface area contributed by atoms with Crippen molar-refractivity contribution in [3.8, 4) is 0 Å². The molecule has 0 bridgehead atoms. The van der Waals surface area contributed by atoms with Gasteiger partial charge in [0.1, 0.15) is 5.69 Å². The van der Waals surface area contributed by atoms with E-state index in [9.17, 15) is 19.2 Å². The van der Waals surface area contributed by atoms with Crippen molar-refractivity contribution in [2.75, 3.05) is 13.2 Å². The van der Waals surface area contributed by atoms with E-state index in [1.165, 1.54) is 18.7 Å². The molecule has 0 saturated carbocycles. The first kappa shape index (κ1) is 22.1. The molecule has 2 heterocycles. The zero-order chi connectivity index (χ0) is 23.9. The molecule has 4 rings (SSSR count). The molecule has 0 radical (unpaired) electrons. The molecule has 2 aromatic heterocycles. The van der Waals surface area contributed by atoms with Crippen molar-refractivity contribution in [1.82, 2.24) is 19.1 Å². The Balaban J connectivity index is 2.16. The minimum atomic E-state index is -2.08. The van der Waals surface area contributed by atoms with Gasteiger partial charge in [-0.2, -0.15) is 0 Å². The number of carbonyl (C=O) groups excluding carboxylic acids is 2. The van der Waals surface area contributed by atoms with Crippen LogP contribution < -0.4 is 11.2 Å². The third kappa shape index (κ3) is 3.09. The molecule has 1 aromatic carbocycles. The van der Waals surface area contributed by atoms with Gasteiger partial charge >= 0.3 is 17.6 Å². The van der Waals surface area contributed by atoms with E-state index in [0.717, 1.165) is 4.57 Å². The third-order valence-electron chi connectivity index (χ3n) is 5.59. The molecule has 170 valence electrons. The maximum absolute atomic E-state index is 13.5. The molecule has 0 saturated heterocycles. The van der Waals surface area contributed by atoms with Gasteiger partial charge in [0.05, 0.1) is 18.9 Å². The second-order valence-corrected chi connectivity index (χ2v) is 7.45. The van der Waals surface area contributed by atoms with Crippen molar-refractivity contribution in [2.24, 2.45) is 14.1 Å². The van der Waals surface area contributed by atoms with Crippen LogP contribution in [0.3, 0.4) is 0 Å². The Bertz CT molecular complexity index is 1420. The van der Waals surface area contributed by atoms with Crippen LogP contribution in [-0.4, -0.2) is 44.3 Å². The monoisotopic (exact) mass is 450 g/mol. The van der Waals surface area contributed by atoms with Gasteiger partial charge in [-0.15, -0.1) is 0 Å². The molecule has 1 aliphatic carbocycles. The largest absolute Gasteiger partial charge is 0.465 e. The SMILES string of the molecule is CCOC(=O)C1(C(=O)OCC)C(c2ccccc2)=Cc2nc3c(nc21)c(=O)n(C)c(=O)n3C. The lowest BCUT2D eigenvalue weighted by molar-refractivity contribution is -0.161. The number of fused-ring (bicyclic) bond motifs is 2. The summed E-state index contributed by atoms with van der Waals surface area (Å²) in [5.41, 5.74) is -2.53. The van der Waals surface area contributed by atoms with Gasteiger partial charge in [-0.25, -0.2) is 14.8 Å². The minimum absolute atomic E-state index is 0.00860. The molecular weight excluding hydrogens is 428 g/mol. The Morgan fingerprint density at radius 1 is 0.939 bits per heavy atom. The first-order valence-electron chi connectivity index (χ1n) is 10.4. The van der Waals surface area contributed by atoms with Crippen molar-refractivity contribution in [2.45, 2.75) is 19.3 Å². The van der Waals surface area contributed by atoms with Crippen LogP contribution in [0.2, 0.25) is 0 Å². The molecule has 1 aliphatic rings. The number of aromatic nitrogens is 4. The molecule has 10 heteroatoms. The summed E-state index contributed by atoms with van der Waals surface area (Å²) >= 11 is 0. The summed E-state index contributed by atoms with van der Waals surface area (Å²) in [5.74, 6) is -1.76. The highest BCUT2D eigenvalue weighted by atomic mass is 16.6. The smallest absolute Gasteiger partial charge is 0.334 e. The summed E-state index contributed by atoms with van der Waals surface area (Å²) in [7, 11) is 2.78. The maximum Gasteiger partial charge on any atom is 0.334 e. The molecule has 10 nitrogen and oxygen atoms in total. The standard InChI is InChI=1S/C23H22N4O6/c1-5-32-20(29)23(21(30)33-6-2)14(13-10-8-7-9-11-13)12-15-17(23)25-16-18(24-15)26(3)22(31)27(4)19(16)28/h7-12H,5-6H2,1-4H3. The lowest BCUT2D eigenvalue weighted by Crippen LogP contribution is -2.47. The van der Waals surface area contributed by atoms with Gasteiger partial charge < -0.3 is 9.47 Å². The Kier molecular flexibility index (Phi) is 5.44. The lowest BCUT2D eigenvalue weighted by atomic mass is 9.77. The molecular formula is C23H22N4O6. The van der Waals surface area contributed by atoms with Crippen LogP contribution in [0.5, 0.6) is 0 Å². The molecule has 0 aliphatic heterocycles. The number of esters is 2. The van der Waals surface area contributed by atoms with E-state index in [4.69, 9.17) is 9.47 Å². The zero-order valence-electron chi connectivity index (χ0n) is 18.6. The number of nitrogens with zero attached hydrogens (tertiary/aromatic N) is 4. The van der Waals surface area contributed by atoms with Crippen LogP contribution in [0, 0.1) is 0 Å². The molecule has 33 heavy (non-hydrogen) atoms. The van der Waals surface area contributed by atoms with E-state index >= 15 is 0 Å². The molecule has 0 amide bonds. The zero-order valence-corrected chi connectivity index (χ0v) is 18.6. The molecule has 0 unspecified atom stereocenters. The van der Waals surface area contributed by atoms with Gasteiger partial charge in [0.25, 0.3) is 5.56 Å². The van der Waals surface area contributed by atoms with E-state index in [0.29, 0.717) is 5.56 Å². The number of ether oxygens (including phenoxy) is 2. The lowest BCUT2D eigenvalue weighted by Gasteiger charge is -2.28. The number of aryl methyl sites for hydroxylation is 1. The third-order valence-corrected chi connectivity index (χ3v) is 5.59. The van der Waals surface area contributed by atoms with Crippen molar-refractivity contribution < 1.29 is 19.1 Å². The highest BCUT2D eigenvalue weighted by molar-refractivity contribution is 6.23. The second kappa shape index (κ2) is 8.12. The molecule has 0 atom stereocenters. The summed E-state index contributed by atoms with van der Waals surface area (Å²) in [6, 6.07) is 8.79. The van der Waals surface area contributed by atoms with Crippen LogP contribution >= 0.6 is 0 Å². The first-order chi connectivity index (χ1) is 15.8. The summed E-state index contributed by atoms with van der Waals surface area (Å²) in [4.78, 5) is 61.1. The van der Waals surface area contributed by atoms with Gasteiger partial charge in [-0.3, -0.25) is 23.5 Å². The summed E-state index contributed by atoms with van der Waals surface area (Å²) in [5, 5.41) is 0. The highest BCUT2D eigenvalue weighted by Crippen LogP contribution is 2.47. The molecule has 0 spiro atoms. The summed E-state index contributed by atoms with van der Waals surface area (Å²) in [6.07, 6.45) is 1.55. The fraction of sp³-hybridized carbons (Fsp3) is 0.304. The number of hydrogen-bond donors (Lipinski definition) is 0. The van der Waals surface area contributed by atoms with Gasteiger partial charge in [0, 0.05) is 14.1 Å². The fourth-order valence-electron chi connectivity index (χ4n) is 4.02. The van der Waals surface area contributed by atoms with Crippen molar-refractivity contribution in [1.29, 1.82) is 0 Å². The average molecular weight is 450 g/mol. The van der Waals surface area contributed by atoms with Gasteiger partial charge in [0.15, 0.2) is 11.2 Å². The predicted molar refractivity (Wildman–Crippen MR) is 119 cm³/mol. The van der Waals surface area contributed by atoms with E-state index in [2.05, 4.69) is 9.97 Å². The quantitative estimate of drug-likeness (QED) is 0.416. The van der Waals surface area contributed by atoms with Crippen molar-refractivity contribution in [3.63, 3.8) is 0 Å². The number of hydrogen-bond acceptors (Lipinski definition) is 8. The van der Waals surface area contributed by atoms with Crippen LogP contribution in [0.15, 0.2) is 39.9 Å².